The van der Waals surface area contributed by atoms with Crippen LogP contribution in [0.4, 0.5) is 18.0 Å². The van der Waals surface area contributed by atoms with E-state index in [1.165, 1.54) is 6.07 Å². The molecule has 1 unspecified atom stereocenters. The molecule has 0 saturated heterocycles. The quantitative estimate of drug-likeness (QED) is 0.911. The van der Waals surface area contributed by atoms with Gasteiger partial charge in [0.25, 0.3) is 0 Å². The number of carboxylic acid groups (broad SMARTS) is 1. The molecular weight excluding hydrogens is 291 g/mol. The topological polar surface area (TPSA) is 66.8 Å². The van der Waals surface area contributed by atoms with Gasteiger partial charge in [-0.15, -0.1) is 0 Å². The smallest absolute Gasteiger partial charge is 0.422 e. The Morgan fingerprint density at radius 2 is 2.00 bits per heavy atom. The summed E-state index contributed by atoms with van der Waals surface area (Å²) < 4.78 is 40.3. The number of benzene rings is 1. The molecule has 114 valence electrons. The maximum Gasteiger partial charge on any atom is 0.422 e. The second-order valence-electron chi connectivity index (χ2n) is 4.55. The summed E-state index contributed by atoms with van der Waals surface area (Å²) in [5.74, 6) is -1.31. The predicted octanol–water partition coefficient (Wildman–Crippen LogP) is 2.37. The number of ether oxygens (including phenoxy) is 1. The lowest BCUT2D eigenvalue weighted by atomic mass is 9.93. The third-order valence-electron chi connectivity index (χ3n) is 3.11. The first-order valence-electron chi connectivity index (χ1n) is 6.10. The summed E-state index contributed by atoms with van der Waals surface area (Å²) in [6.07, 6.45) is -5.57. The maximum atomic E-state index is 12.1. The van der Waals surface area contributed by atoms with Gasteiger partial charge in [-0.2, -0.15) is 13.2 Å². The van der Waals surface area contributed by atoms with Crippen LogP contribution < -0.4 is 0 Å². The molecule has 1 heterocycles. The number of amides is 1. The molecule has 0 fully saturated rings. The number of hydrogen-bond donors (Lipinski definition) is 1. The van der Waals surface area contributed by atoms with E-state index in [4.69, 9.17) is 0 Å². The van der Waals surface area contributed by atoms with E-state index in [0.717, 1.165) is 10.5 Å². The number of carbonyl (C=O) groups is 2. The van der Waals surface area contributed by atoms with E-state index < -0.39 is 30.9 Å². The largest absolute Gasteiger partial charge is 0.479 e. The van der Waals surface area contributed by atoms with Gasteiger partial charge in [0.1, 0.15) is 0 Å². The van der Waals surface area contributed by atoms with Crippen molar-refractivity contribution < 1.29 is 32.6 Å². The van der Waals surface area contributed by atoms with Gasteiger partial charge in [0, 0.05) is 6.54 Å². The van der Waals surface area contributed by atoms with Gasteiger partial charge >= 0.3 is 18.2 Å². The Balaban J connectivity index is 2.20. The van der Waals surface area contributed by atoms with E-state index in [9.17, 15) is 27.9 Å². The molecule has 8 heteroatoms. The first-order chi connectivity index (χ1) is 9.79. The number of aliphatic carboxylic acids is 1. The van der Waals surface area contributed by atoms with E-state index in [1.807, 2.05) is 0 Å². The summed E-state index contributed by atoms with van der Waals surface area (Å²) in [6.45, 7) is -1.75. The van der Waals surface area contributed by atoms with Gasteiger partial charge in [-0.1, -0.05) is 24.3 Å². The van der Waals surface area contributed by atoms with E-state index >= 15 is 0 Å². The minimum absolute atomic E-state index is 0.00926. The Morgan fingerprint density at radius 1 is 1.33 bits per heavy atom. The molecular formula is C13H12F3NO4. The second kappa shape index (κ2) is 5.63. The van der Waals surface area contributed by atoms with Crippen molar-refractivity contribution >= 4 is 12.1 Å². The molecule has 0 bridgehead atoms. The van der Waals surface area contributed by atoms with Crippen LogP contribution in [0.25, 0.3) is 0 Å². The lowest BCUT2D eigenvalue weighted by Crippen LogP contribution is -2.44. The Morgan fingerprint density at radius 3 is 2.62 bits per heavy atom. The van der Waals surface area contributed by atoms with Crippen molar-refractivity contribution in [2.75, 3.05) is 13.2 Å². The average molecular weight is 303 g/mol. The third-order valence-corrected chi connectivity index (χ3v) is 3.11. The Labute approximate surface area is 117 Å². The standard InChI is InChI=1S/C13H12F3NO4/c14-13(15,16)7-21-12(20)17-6-5-8-3-1-2-4-9(8)10(17)11(18)19/h1-4,10H,5-7H2,(H,18,19). The van der Waals surface area contributed by atoms with Crippen molar-refractivity contribution in [2.24, 2.45) is 0 Å². The first-order valence-corrected chi connectivity index (χ1v) is 6.10. The molecule has 0 aromatic heterocycles. The molecule has 1 aromatic carbocycles. The van der Waals surface area contributed by atoms with Gasteiger partial charge in [0.2, 0.25) is 0 Å². The molecule has 1 aliphatic heterocycles. The average Bonchev–Trinajstić information content (AvgIpc) is 2.42. The van der Waals surface area contributed by atoms with E-state index in [0.29, 0.717) is 12.0 Å². The molecule has 5 nitrogen and oxygen atoms in total. The molecule has 0 radical (unpaired) electrons. The summed E-state index contributed by atoms with van der Waals surface area (Å²) >= 11 is 0. The van der Waals surface area contributed by atoms with Crippen LogP contribution in [0.5, 0.6) is 0 Å². The highest BCUT2D eigenvalue weighted by molar-refractivity contribution is 5.82. The van der Waals surface area contributed by atoms with Crippen LogP contribution >= 0.6 is 0 Å². The predicted molar refractivity (Wildman–Crippen MR) is 64.6 cm³/mol. The maximum absolute atomic E-state index is 12.1. The molecule has 21 heavy (non-hydrogen) atoms. The lowest BCUT2D eigenvalue weighted by molar-refractivity contribution is -0.164. The summed E-state index contributed by atoms with van der Waals surface area (Å²) in [6, 6.07) is 5.27. The van der Waals surface area contributed by atoms with Crippen molar-refractivity contribution in [3.05, 3.63) is 35.4 Å². The first kappa shape index (κ1) is 15.1. The van der Waals surface area contributed by atoms with E-state index in [-0.39, 0.29) is 6.54 Å². The minimum atomic E-state index is -4.65. The number of halogens is 3. The van der Waals surface area contributed by atoms with E-state index in [1.54, 1.807) is 18.2 Å². The third kappa shape index (κ3) is 3.45. The molecule has 2 rings (SSSR count). The second-order valence-corrected chi connectivity index (χ2v) is 4.55. The van der Waals surface area contributed by atoms with Crippen LogP contribution in [0.3, 0.4) is 0 Å². The fourth-order valence-corrected chi connectivity index (χ4v) is 2.26. The molecule has 1 amide bonds. The van der Waals surface area contributed by atoms with Crippen LogP contribution in [-0.4, -0.2) is 41.4 Å². The molecule has 0 spiro atoms. The SMILES string of the molecule is O=C(O)C1c2ccccc2CCN1C(=O)OCC(F)(F)F. The zero-order valence-corrected chi connectivity index (χ0v) is 10.8. The Kier molecular flexibility index (Phi) is 4.06. The number of hydrogen-bond acceptors (Lipinski definition) is 3. The summed E-state index contributed by atoms with van der Waals surface area (Å²) in [7, 11) is 0. The number of alkyl halides is 3. The highest BCUT2D eigenvalue weighted by atomic mass is 19.4. The number of carboxylic acids is 1. The zero-order chi connectivity index (χ0) is 15.6. The van der Waals surface area contributed by atoms with Crippen LogP contribution in [0, 0.1) is 0 Å². The highest BCUT2D eigenvalue weighted by Gasteiger charge is 2.38. The van der Waals surface area contributed by atoms with Crippen LogP contribution in [-0.2, 0) is 16.0 Å². The van der Waals surface area contributed by atoms with Crippen molar-refractivity contribution in [3.63, 3.8) is 0 Å². The Bertz CT molecular complexity index is 559. The molecule has 1 atom stereocenters. The minimum Gasteiger partial charge on any atom is -0.479 e. The van der Waals surface area contributed by atoms with Crippen LogP contribution in [0.15, 0.2) is 24.3 Å². The summed E-state index contributed by atoms with van der Waals surface area (Å²) in [4.78, 5) is 23.9. The van der Waals surface area contributed by atoms with Gasteiger partial charge in [0.05, 0.1) is 0 Å². The Hall–Kier alpha value is -2.25. The zero-order valence-electron chi connectivity index (χ0n) is 10.8. The molecule has 1 aliphatic rings. The van der Waals surface area contributed by atoms with Crippen molar-refractivity contribution in [3.8, 4) is 0 Å². The molecule has 0 saturated carbocycles. The summed E-state index contributed by atoms with van der Waals surface area (Å²) in [5.41, 5.74) is 1.14. The van der Waals surface area contributed by atoms with Gasteiger partial charge in [-0.25, -0.2) is 9.59 Å². The van der Waals surface area contributed by atoms with Crippen molar-refractivity contribution in [2.45, 2.75) is 18.6 Å². The number of fused-ring (bicyclic) bond motifs is 1. The van der Waals surface area contributed by atoms with Crippen molar-refractivity contribution in [1.29, 1.82) is 0 Å². The van der Waals surface area contributed by atoms with Crippen molar-refractivity contribution in [1.82, 2.24) is 4.90 Å². The molecule has 1 aromatic rings. The highest BCUT2D eigenvalue weighted by Crippen LogP contribution is 2.30. The number of carbonyl (C=O) groups excluding carboxylic acids is 1. The van der Waals surface area contributed by atoms with Gasteiger partial charge in [0.15, 0.2) is 12.6 Å². The molecule has 1 N–H and O–H groups in total. The molecule has 0 aliphatic carbocycles. The lowest BCUT2D eigenvalue weighted by Gasteiger charge is -2.33. The van der Waals surface area contributed by atoms with Gasteiger partial charge in [-0.3, -0.25) is 4.90 Å². The van der Waals surface area contributed by atoms with Gasteiger partial charge in [-0.05, 0) is 17.5 Å². The van der Waals surface area contributed by atoms with Gasteiger partial charge < -0.3 is 9.84 Å². The van der Waals surface area contributed by atoms with Crippen LogP contribution in [0.2, 0.25) is 0 Å². The monoisotopic (exact) mass is 303 g/mol. The summed E-state index contributed by atoms with van der Waals surface area (Å²) in [5, 5.41) is 9.26. The normalized spacial score (nSPS) is 18.0. The number of rotatable bonds is 2. The van der Waals surface area contributed by atoms with E-state index in [2.05, 4.69) is 4.74 Å². The number of nitrogens with zero attached hydrogens (tertiary/aromatic N) is 1. The fourth-order valence-electron chi connectivity index (χ4n) is 2.26. The van der Waals surface area contributed by atoms with Crippen LogP contribution in [0.1, 0.15) is 17.2 Å². The fraction of sp³-hybridized carbons (Fsp3) is 0.385.